The van der Waals surface area contributed by atoms with Crippen LogP contribution in [0.1, 0.15) is 40.0 Å². The van der Waals surface area contributed by atoms with Gasteiger partial charge < -0.3 is 20.1 Å². The highest BCUT2D eigenvalue weighted by molar-refractivity contribution is 5.96. The summed E-state index contributed by atoms with van der Waals surface area (Å²) < 4.78 is 5.78. The fourth-order valence-corrected chi connectivity index (χ4v) is 6.60. The Bertz CT molecular complexity index is 594. The molecule has 5 nitrogen and oxygen atoms in total. The van der Waals surface area contributed by atoms with Gasteiger partial charge in [-0.25, -0.2) is 0 Å². The molecule has 128 valence electrons. The van der Waals surface area contributed by atoms with Crippen LogP contribution in [-0.2, 0) is 9.53 Å². The summed E-state index contributed by atoms with van der Waals surface area (Å²) in [5.41, 5.74) is -0.105. The lowest BCUT2D eigenvalue weighted by Gasteiger charge is -2.62. The summed E-state index contributed by atoms with van der Waals surface area (Å²) in [6.07, 6.45) is 1.92. The number of rotatable bonds is 0. The molecule has 1 saturated heterocycles. The highest BCUT2D eigenvalue weighted by Crippen LogP contribution is 2.70. The first-order valence-corrected chi connectivity index (χ1v) is 8.61. The van der Waals surface area contributed by atoms with Crippen LogP contribution in [0.25, 0.3) is 0 Å². The van der Waals surface area contributed by atoms with Gasteiger partial charge in [0.2, 0.25) is 0 Å². The van der Waals surface area contributed by atoms with Gasteiger partial charge in [0, 0.05) is 16.7 Å². The van der Waals surface area contributed by atoms with Crippen molar-refractivity contribution in [2.45, 2.75) is 58.0 Å². The van der Waals surface area contributed by atoms with Crippen LogP contribution in [0, 0.1) is 28.6 Å². The smallest absolute Gasteiger partial charge is 0.196 e. The van der Waals surface area contributed by atoms with Gasteiger partial charge in [0.15, 0.2) is 11.6 Å². The first-order chi connectivity index (χ1) is 10.7. The molecule has 0 aromatic carbocycles. The average molecular weight is 322 g/mol. The summed E-state index contributed by atoms with van der Waals surface area (Å²) in [6, 6.07) is 0. The molecule has 0 unspecified atom stereocenters. The Labute approximate surface area is 136 Å². The van der Waals surface area contributed by atoms with Gasteiger partial charge in [-0.1, -0.05) is 19.4 Å². The van der Waals surface area contributed by atoms with Crippen LogP contribution in [0.15, 0.2) is 11.6 Å². The van der Waals surface area contributed by atoms with Crippen LogP contribution in [-0.4, -0.2) is 45.7 Å². The van der Waals surface area contributed by atoms with E-state index < -0.39 is 29.3 Å². The molecule has 2 saturated carbocycles. The molecule has 1 aliphatic heterocycles. The summed E-state index contributed by atoms with van der Waals surface area (Å²) >= 11 is 0. The fourth-order valence-electron chi connectivity index (χ4n) is 6.60. The number of allylic oxidation sites excluding steroid dienone is 1. The van der Waals surface area contributed by atoms with Gasteiger partial charge in [0.25, 0.3) is 0 Å². The van der Waals surface area contributed by atoms with Gasteiger partial charge in [-0.2, -0.15) is 0 Å². The Kier molecular flexibility index (Phi) is 3.05. The number of aliphatic hydroxyl groups excluding tert-OH is 2. The predicted octanol–water partition coefficient (Wildman–Crippen LogP) is 1.01. The molecule has 1 heterocycles. The van der Waals surface area contributed by atoms with Crippen LogP contribution in [0.5, 0.6) is 0 Å². The largest absolute Gasteiger partial charge is 0.387 e. The zero-order chi connectivity index (χ0) is 16.8. The molecule has 3 N–H and O–H groups in total. The Morgan fingerprint density at radius 2 is 2.04 bits per heavy atom. The molecule has 0 radical (unpaired) electrons. The number of carbonyl (C=O) groups is 1. The third kappa shape index (κ3) is 1.64. The molecular weight excluding hydrogens is 296 g/mol. The second-order valence-electron chi connectivity index (χ2n) is 8.61. The van der Waals surface area contributed by atoms with E-state index in [-0.39, 0.29) is 23.0 Å². The fraction of sp³-hybridized carbons (Fsp3) is 0.833. The van der Waals surface area contributed by atoms with E-state index in [0.29, 0.717) is 6.61 Å². The van der Waals surface area contributed by atoms with E-state index in [0.717, 1.165) is 24.8 Å². The lowest BCUT2D eigenvalue weighted by molar-refractivity contribution is -0.307. The van der Waals surface area contributed by atoms with Gasteiger partial charge in [-0.15, -0.1) is 0 Å². The van der Waals surface area contributed by atoms with E-state index in [1.807, 2.05) is 20.8 Å². The normalized spacial score (nSPS) is 58.4. The molecule has 4 aliphatic rings. The highest BCUT2D eigenvalue weighted by atomic mass is 16.6. The van der Waals surface area contributed by atoms with E-state index in [4.69, 9.17) is 4.74 Å². The van der Waals surface area contributed by atoms with E-state index in [2.05, 4.69) is 0 Å². The van der Waals surface area contributed by atoms with Gasteiger partial charge in [0.1, 0.15) is 12.2 Å². The zero-order valence-corrected chi connectivity index (χ0v) is 14.0. The molecule has 23 heavy (non-hydrogen) atoms. The minimum absolute atomic E-state index is 0.0298. The van der Waals surface area contributed by atoms with Gasteiger partial charge in [-0.05, 0) is 44.1 Å². The standard InChI is InChI=1S/C18H26O5/c1-9-6-12(19)14(21)16(3)11(9)4-5-17-7-10(2)13(20)18(22,15(16)17)23-8-17/h6,10-11,13-15,20-22H,4-5,7-8H2,1-3H3/t10-,11+,13-,14-,15-,16-,17+,18-/m1/s1. The maximum atomic E-state index is 12.3. The Hall–Kier alpha value is -0.750. The minimum Gasteiger partial charge on any atom is -0.387 e. The van der Waals surface area contributed by atoms with Crippen molar-refractivity contribution in [1.29, 1.82) is 0 Å². The Morgan fingerprint density at radius 3 is 2.74 bits per heavy atom. The molecule has 0 spiro atoms. The second-order valence-corrected chi connectivity index (χ2v) is 8.61. The first kappa shape index (κ1) is 15.8. The van der Waals surface area contributed by atoms with Crippen LogP contribution < -0.4 is 0 Å². The van der Waals surface area contributed by atoms with Gasteiger partial charge in [-0.3, -0.25) is 4.79 Å². The van der Waals surface area contributed by atoms with Crippen molar-refractivity contribution < 1.29 is 24.9 Å². The SMILES string of the molecule is CC1=CC(=O)[C@@H](O)[C@]2(C)[C@@H]3[C@]4(CC[C@@H]12)CO[C@]3(O)[C@H](O)[C@H](C)C4. The third-order valence-electron chi connectivity index (χ3n) is 7.39. The molecule has 3 aliphatic carbocycles. The maximum Gasteiger partial charge on any atom is 0.196 e. The topological polar surface area (TPSA) is 87.0 Å². The highest BCUT2D eigenvalue weighted by Gasteiger charge is 2.75. The summed E-state index contributed by atoms with van der Waals surface area (Å²) in [5.74, 6) is -2.44. The number of ketones is 1. The van der Waals surface area contributed by atoms with Gasteiger partial charge in [0.05, 0.1) is 6.61 Å². The lowest BCUT2D eigenvalue weighted by Crippen LogP contribution is -2.69. The van der Waals surface area contributed by atoms with E-state index in [9.17, 15) is 20.1 Å². The molecule has 0 amide bonds. The van der Waals surface area contributed by atoms with Crippen molar-refractivity contribution in [2.24, 2.45) is 28.6 Å². The molecule has 8 atom stereocenters. The van der Waals surface area contributed by atoms with Crippen molar-refractivity contribution in [2.75, 3.05) is 6.61 Å². The molecule has 4 rings (SSSR count). The molecule has 0 aromatic heterocycles. The van der Waals surface area contributed by atoms with Crippen LogP contribution in [0.2, 0.25) is 0 Å². The van der Waals surface area contributed by atoms with E-state index in [1.165, 1.54) is 0 Å². The van der Waals surface area contributed by atoms with E-state index >= 15 is 0 Å². The van der Waals surface area contributed by atoms with Crippen LogP contribution in [0.3, 0.4) is 0 Å². The Morgan fingerprint density at radius 1 is 1.35 bits per heavy atom. The number of hydrogen-bond acceptors (Lipinski definition) is 5. The van der Waals surface area contributed by atoms with Crippen molar-refractivity contribution in [3.8, 4) is 0 Å². The van der Waals surface area contributed by atoms with Crippen molar-refractivity contribution in [1.82, 2.24) is 0 Å². The number of aliphatic hydroxyl groups is 3. The minimum atomic E-state index is -1.68. The summed E-state index contributed by atoms with van der Waals surface area (Å²) in [6.45, 7) is 6.16. The van der Waals surface area contributed by atoms with Crippen molar-refractivity contribution in [3.05, 3.63) is 11.6 Å². The number of carbonyl (C=O) groups excluding carboxylic acids is 1. The lowest BCUT2D eigenvalue weighted by atomic mass is 9.42. The number of ether oxygens (including phenoxy) is 1. The van der Waals surface area contributed by atoms with Crippen molar-refractivity contribution >= 4 is 5.78 Å². The third-order valence-corrected chi connectivity index (χ3v) is 7.39. The first-order valence-electron chi connectivity index (χ1n) is 8.61. The maximum absolute atomic E-state index is 12.3. The zero-order valence-electron chi connectivity index (χ0n) is 14.0. The summed E-state index contributed by atoms with van der Waals surface area (Å²) in [4.78, 5) is 12.3. The molecule has 2 bridgehead atoms. The predicted molar refractivity (Wildman–Crippen MR) is 82.2 cm³/mol. The van der Waals surface area contributed by atoms with E-state index in [1.54, 1.807) is 6.08 Å². The van der Waals surface area contributed by atoms with Crippen molar-refractivity contribution in [3.63, 3.8) is 0 Å². The molecular formula is C18H26O5. The summed E-state index contributed by atoms with van der Waals surface area (Å²) in [7, 11) is 0. The average Bonchev–Trinajstić information content (AvgIpc) is 2.75. The molecule has 0 aromatic rings. The number of hydrogen-bond donors (Lipinski definition) is 3. The Balaban J connectivity index is 1.90. The van der Waals surface area contributed by atoms with Gasteiger partial charge >= 0.3 is 0 Å². The quantitative estimate of drug-likeness (QED) is 0.620. The second kappa shape index (κ2) is 4.45. The van der Waals surface area contributed by atoms with Crippen LogP contribution >= 0.6 is 0 Å². The molecule has 5 heteroatoms. The summed E-state index contributed by atoms with van der Waals surface area (Å²) in [5, 5.41) is 32.6. The molecule has 3 fully saturated rings. The van der Waals surface area contributed by atoms with Crippen LogP contribution in [0.4, 0.5) is 0 Å². The monoisotopic (exact) mass is 322 g/mol. The number of fused-ring (bicyclic) bond motifs is 1.